The molecule has 0 saturated carbocycles. The van der Waals surface area contributed by atoms with Gasteiger partial charge in [0.1, 0.15) is 29.5 Å². The minimum atomic E-state index is -0.713. The van der Waals surface area contributed by atoms with Crippen LogP contribution in [0, 0.1) is 11.6 Å². The van der Waals surface area contributed by atoms with Crippen molar-refractivity contribution >= 4 is 11.7 Å². The van der Waals surface area contributed by atoms with Crippen molar-refractivity contribution in [2.24, 2.45) is 0 Å². The van der Waals surface area contributed by atoms with E-state index in [0.29, 0.717) is 11.5 Å². The fourth-order valence-corrected chi connectivity index (χ4v) is 3.06. The third-order valence-corrected chi connectivity index (χ3v) is 4.19. The molecule has 0 spiro atoms. The summed E-state index contributed by atoms with van der Waals surface area (Å²) in [6.07, 6.45) is 1.63. The number of benzene rings is 2. The molecule has 0 bridgehead atoms. The molecule has 0 fully saturated rings. The summed E-state index contributed by atoms with van der Waals surface area (Å²) in [4.78, 5) is 16.5. The predicted molar refractivity (Wildman–Crippen MR) is 86.7 cm³/mol. The number of phenolic OH excluding ortho intramolecular Hbond substituents is 1. The highest BCUT2D eigenvalue weighted by atomic mass is 19.1. The van der Waals surface area contributed by atoms with Crippen molar-refractivity contribution in [2.45, 2.75) is 12.3 Å². The summed E-state index contributed by atoms with van der Waals surface area (Å²) in [5, 5.41) is 12.2. The summed E-state index contributed by atoms with van der Waals surface area (Å²) >= 11 is 0. The molecule has 4 rings (SSSR count). The fraction of sp³-hybridized carbons (Fsp3) is 0.111. The zero-order valence-electron chi connectivity index (χ0n) is 12.9. The third-order valence-electron chi connectivity index (χ3n) is 4.19. The van der Waals surface area contributed by atoms with Gasteiger partial charge in [0.15, 0.2) is 0 Å². The Kier molecular flexibility index (Phi) is 3.49. The molecule has 3 aromatic rings. The van der Waals surface area contributed by atoms with Gasteiger partial charge < -0.3 is 10.4 Å². The summed E-state index contributed by atoms with van der Waals surface area (Å²) in [7, 11) is 0. The van der Waals surface area contributed by atoms with Crippen LogP contribution in [0.25, 0.3) is 5.69 Å². The number of fused-ring (bicyclic) bond motifs is 1. The number of aromatic hydroxyl groups is 1. The van der Waals surface area contributed by atoms with Crippen LogP contribution in [0.3, 0.4) is 0 Å². The van der Waals surface area contributed by atoms with Crippen molar-refractivity contribution in [3.8, 4) is 11.4 Å². The molecular weight excluding hydrogens is 328 g/mol. The van der Waals surface area contributed by atoms with Crippen LogP contribution in [-0.2, 0) is 4.79 Å². The molecule has 2 aromatic carbocycles. The average molecular weight is 341 g/mol. The highest BCUT2D eigenvalue weighted by Gasteiger charge is 2.31. The minimum absolute atomic E-state index is 0.130. The maximum atomic E-state index is 13.5. The lowest BCUT2D eigenvalue weighted by Gasteiger charge is -2.23. The van der Waals surface area contributed by atoms with E-state index in [1.165, 1.54) is 23.0 Å². The van der Waals surface area contributed by atoms with Gasteiger partial charge in [-0.1, -0.05) is 12.1 Å². The lowest BCUT2D eigenvalue weighted by atomic mass is 9.90. The maximum absolute atomic E-state index is 13.5. The van der Waals surface area contributed by atoms with Gasteiger partial charge in [-0.05, 0) is 29.8 Å². The Hall–Kier alpha value is -3.22. The van der Waals surface area contributed by atoms with E-state index < -0.39 is 11.6 Å². The number of carbonyl (C=O) groups excluding carboxylic acids is 1. The van der Waals surface area contributed by atoms with E-state index in [9.17, 15) is 18.7 Å². The molecule has 126 valence electrons. The molecule has 0 saturated heterocycles. The number of aromatic nitrogens is 2. The smallest absolute Gasteiger partial charge is 0.226 e. The van der Waals surface area contributed by atoms with Gasteiger partial charge >= 0.3 is 0 Å². The van der Waals surface area contributed by atoms with Crippen LogP contribution in [0.2, 0.25) is 0 Å². The number of imidazole rings is 1. The molecule has 2 heterocycles. The maximum Gasteiger partial charge on any atom is 0.226 e. The van der Waals surface area contributed by atoms with E-state index in [4.69, 9.17) is 0 Å². The number of rotatable bonds is 2. The van der Waals surface area contributed by atoms with Crippen LogP contribution in [0.1, 0.15) is 23.6 Å². The number of hydrogen-bond donors (Lipinski definition) is 2. The van der Waals surface area contributed by atoms with Gasteiger partial charge in [-0.2, -0.15) is 0 Å². The van der Waals surface area contributed by atoms with Crippen molar-refractivity contribution in [1.82, 2.24) is 9.55 Å². The van der Waals surface area contributed by atoms with E-state index in [1.54, 1.807) is 24.3 Å². The Morgan fingerprint density at radius 3 is 2.48 bits per heavy atom. The number of amides is 1. The van der Waals surface area contributed by atoms with Crippen LogP contribution in [0.5, 0.6) is 5.75 Å². The molecule has 7 heteroatoms. The Morgan fingerprint density at radius 1 is 1.12 bits per heavy atom. The molecule has 1 unspecified atom stereocenters. The lowest BCUT2D eigenvalue weighted by Crippen LogP contribution is -2.24. The largest absolute Gasteiger partial charge is 0.508 e. The molecule has 1 atom stereocenters. The van der Waals surface area contributed by atoms with Crippen molar-refractivity contribution in [1.29, 1.82) is 0 Å². The molecule has 5 nitrogen and oxygen atoms in total. The quantitative estimate of drug-likeness (QED) is 0.751. The van der Waals surface area contributed by atoms with Crippen LogP contribution in [0.15, 0.2) is 48.8 Å². The van der Waals surface area contributed by atoms with Crippen molar-refractivity contribution < 1.29 is 18.7 Å². The predicted octanol–water partition coefficient (Wildman–Crippen LogP) is 3.33. The van der Waals surface area contributed by atoms with Crippen LogP contribution in [0.4, 0.5) is 14.6 Å². The number of hydrogen-bond acceptors (Lipinski definition) is 3. The molecule has 0 radical (unpaired) electrons. The lowest BCUT2D eigenvalue weighted by molar-refractivity contribution is -0.116. The van der Waals surface area contributed by atoms with Gasteiger partial charge in [-0.25, -0.2) is 13.8 Å². The highest BCUT2D eigenvalue weighted by Crippen LogP contribution is 2.37. The van der Waals surface area contributed by atoms with E-state index in [1.807, 2.05) is 0 Å². The van der Waals surface area contributed by atoms with Crippen molar-refractivity contribution in [3.63, 3.8) is 0 Å². The number of phenols is 1. The molecule has 1 aliphatic rings. The first-order chi connectivity index (χ1) is 12.0. The number of carbonyl (C=O) groups is 1. The molecule has 1 aliphatic heterocycles. The van der Waals surface area contributed by atoms with Gasteiger partial charge in [0.2, 0.25) is 5.91 Å². The second-order valence-electron chi connectivity index (χ2n) is 5.87. The second-order valence-corrected chi connectivity index (χ2v) is 5.87. The van der Waals surface area contributed by atoms with Gasteiger partial charge in [0.25, 0.3) is 0 Å². The SMILES string of the molecule is O=C1CC(c2ccc(O)cc2)c2ncn(-c3cc(F)cc(F)c3)c2N1. The summed E-state index contributed by atoms with van der Waals surface area (Å²) < 4.78 is 28.5. The Balaban J connectivity index is 1.82. The van der Waals surface area contributed by atoms with Gasteiger partial charge in [-0.15, -0.1) is 0 Å². The van der Waals surface area contributed by atoms with Crippen LogP contribution >= 0.6 is 0 Å². The molecule has 2 N–H and O–H groups in total. The number of nitrogens with zero attached hydrogens (tertiary/aromatic N) is 2. The molecule has 1 amide bonds. The number of halogens is 2. The summed E-state index contributed by atoms with van der Waals surface area (Å²) in [5.74, 6) is -1.43. The monoisotopic (exact) mass is 341 g/mol. The first kappa shape index (κ1) is 15.3. The second kappa shape index (κ2) is 5.70. The molecule has 0 aliphatic carbocycles. The zero-order valence-corrected chi connectivity index (χ0v) is 12.9. The fourth-order valence-electron chi connectivity index (χ4n) is 3.06. The Bertz CT molecular complexity index is 947. The van der Waals surface area contributed by atoms with Crippen molar-refractivity contribution in [2.75, 3.05) is 5.32 Å². The average Bonchev–Trinajstić information content (AvgIpc) is 2.97. The molecule has 1 aromatic heterocycles. The molecular formula is C18H13F2N3O2. The summed E-state index contributed by atoms with van der Waals surface area (Å²) in [6.45, 7) is 0. The van der Waals surface area contributed by atoms with Crippen LogP contribution < -0.4 is 5.32 Å². The Labute approximate surface area is 141 Å². The van der Waals surface area contributed by atoms with Crippen molar-refractivity contribution in [3.05, 3.63) is 71.7 Å². The van der Waals surface area contributed by atoms with E-state index in [-0.39, 0.29) is 29.7 Å². The van der Waals surface area contributed by atoms with E-state index in [0.717, 1.165) is 11.6 Å². The standard InChI is InChI=1S/C18H13F2N3O2/c19-11-5-12(20)7-13(6-11)23-9-21-17-15(8-16(25)22-18(17)23)10-1-3-14(24)4-2-10/h1-7,9,15,24H,8H2,(H,22,25). The van der Waals surface area contributed by atoms with Gasteiger partial charge in [-0.3, -0.25) is 9.36 Å². The van der Waals surface area contributed by atoms with E-state index >= 15 is 0 Å². The first-order valence-electron chi connectivity index (χ1n) is 7.64. The number of nitrogens with one attached hydrogen (secondary N) is 1. The minimum Gasteiger partial charge on any atom is -0.508 e. The highest BCUT2D eigenvalue weighted by molar-refractivity contribution is 5.94. The third kappa shape index (κ3) is 2.73. The summed E-state index contributed by atoms with van der Waals surface area (Å²) in [6, 6.07) is 9.65. The number of anilines is 1. The first-order valence-corrected chi connectivity index (χ1v) is 7.64. The Morgan fingerprint density at radius 2 is 1.80 bits per heavy atom. The normalized spacial score (nSPS) is 16.4. The zero-order chi connectivity index (χ0) is 17.6. The van der Waals surface area contributed by atoms with Gasteiger partial charge in [0.05, 0.1) is 11.4 Å². The van der Waals surface area contributed by atoms with Crippen LogP contribution in [-0.4, -0.2) is 20.6 Å². The summed E-state index contributed by atoms with van der Waals surface area (Å²) in [5.41, 5.74) is 1.66. The topological polar surface area (TPSA) is 67.1 Å². The van der Waals surface area contributed by atoms with Gasteiger partial charge in [0, 0.05) is 18.4 Å². The van der Waals surface area contributed by atoms with E-state index in [2.05, 4.69) is 10.3 Å². The molecule has 25 heavy (non-hydrogen) atoms.